The Hall–Kier alpha value is -3.21. The van der Waals surface area contributed by atoms with Gasteiger partial charge in [0.25, 0.3) is 5.91 Å². The topological polar surface area (TPSA) is 58.1 Å². The molecule has 138 valence electrons. The number of hydrogen-bond donors (Lipinski definition) is 1. The van der Waals surface area contributed by atoms with Gasteiger partial charge in [-0.15, -0.1) is 0 Å². The van der Waals surface area contributed by atoms with E-state index in [4.69, 9.17) is 0 Å². The van der Waals surface area contributed by atoms with Crippen molar-refractivity contribution in [2.45, 2.75) is 27.3 Å². The molecule has 1 heterocycles. The van der Waals surface area contributed by atoms with E-state index in [0.717, 1.165) is 16.8 Å². The molecule has 0 aliphatic carbocycles. The van der Waals surface area contributed by atoms with Gasteiger partial charge in [-0.1, -0.05) is 42.0 Å². The van der Waals surface area contributed by atoms with Gasteiger partial charge in [-0.2, -0.15) is 0 Å². The Labute approximate surface area is 160 Å². The molecule has 2 aromatic carbocycles. The van der Waals surface area contributed by atoms with Gasteiger partial charge in [0.1, 0.15) is 5.69 Å². The number of aryl methyl sites for hydroxylation is 2. The van der Waals surface area contributed by atoms with Gasteiger partial charge in [0, 0.05) is 25.0 Å². The fraction of sp³-hybridized carbons (Fsp3) is 0.227. The molecule has 5 nitrogen and oxygen atoms in total. The van der Waals surface area contributed by atoms with E-state index >= 15 is 0 Å². The largest absolute Gasteiger partial charge is 0.347 e. The maximum atomic E-state index is 12.5. The zero-order valence-electron chi connectivity index (χ0n) is 15.9. The minimum Gasteiger partial charge on any atom is -0.347 e. The molecule has 0 saturated carbocycles. The Balaban J connectivity index is 1.75. The standard InChI is InChI=1S/C22H24N4O/c1-4-26(19-7-5-6-17(3)14-19)22-23-13-12-20(25-22)21(27)24-15-18-10-8-16(2)9-11-18/h5-14H,4,15H2,1-3H3,(H,24,27). The van der Waals surface area contributed by atoms with Gasteiger partial charge in [0.05, 0.1) is 0 Å². The number of nitrogens with zero attached hydrogens (tertiary/aromatic N) is 3. The van der Waals surface area contributed by atoms with Crippen LogP contribution in [0.1, 0.15) is 34.1 Å². The summed E-state index contributed by atoms with van der Waals surface area (Å²) < 4.78 is 0. The summed E-state index contributed by atoms with van der Waals surface area (Å²) in [7, 11) is 0. The Morgan fingerprint density at radius 3 is 2.52 bits per heavy atom. The SMILES string of the molecule is CCN(c1cccc(C)c1)c1nccc(C(=O)NCc2ccc(C)cc2)n1. The van der Waals surface area contributed by atoms with Crippen LogP contribution in [-0.2, 0) is 6.54 Å². The molecule has 0 fully saturated rings. The van der Waals surface area contributed by atoms with Gasteiger partial charge in [0.2, 0.25) is 5.95 Å². The smallest absolute Gasteiger partial charge is 0.270 e. The van der Waals surface area contributed by atoms with Crippen LogP contribution in [0.4, 0.5) is 11.6 Å². The molecule has 0 radical (unpaired) electrons. The summed E-state index contributed by atoms with van der Waals surface area (Å²) in [5.74, 6) is 0.311. The third-order valence-corrected chi connectivity index (χ3v) is 4.32. The summed E-state index contributed by atoms with van der Waals surface area (Å²) in [6, 6.07) is 17.9. The number of aromatic nitrogens is 2. The van der Waals surface area contributed by atoms with E-state index in [0.29, 0.717) is 24.7 Å². The molecule has 1 N–H and O–H groups in total. The predicted octanol–water partition coefficient (Wildman–Crippen LogP) is 4.18. The third-order valence-electron chi connectivity index (χ3n) is 4.32. The molecular weight excluding hydrogens is 336 g/mol. The first kappa shape index (κ1) is 18.6. The molecule has 3 aromatic rings. The highest BCUT2D eigenvalue weighted by Gasteiger charge is 2.14. The zero-order valence-corrected chi connectivity index (χ0v) is 15.9. The monoisotopic (exact) mass is 360 g/mol. The van der Waals surface area contributed by atoms with Crippen molar-refractivity contribution < 1.29 is 4.79 Å². The number of amides is 1. The number of carbonyl (C=O) groups excluding carboxylic acids is 1. The summed E-state index contributed by atoms with van der Waals surface area (Å²) in [6.45, 7) is 7.30. The van der Waals surface area contributed by atoms with E-state index in [9.17, 15) is 4.79 Å². The maximum Gasteiger partial charge on any atom is 0.270 e. The van der Waals surface area contributed by atoms with Crippen LogP contribution < -0.4 is 10.2 Å². The fourth-order valence-corrected chi connectivity index (χ4v) is 2.82. The number of carbonyl (C=O) groups is 1. The predicted molar refractivity (Wildman–Crippen MR) is 108 cm³/mol. The van der Waals surface area contributed by atoms with Crippen molar-refractivity contribution in [2.75, 3.05) is 11.4 Å². The minimum atomic E-state index is -0.209. The maximum absolute atomic E-state index is 12.5. The number of benzene rings is 2. The molecule has 0 spiro atoms. The van der Waals surface area contributed by atoms with Crippen molar-refractivity contribution in [1.29, 1.82) is 0 Å². The van der Waals surface area contributed by atoms with E-state index in [1.165, 1.54) is 5.56 Å². The normalized spacial score (nSPS) is 10.5. The number of hydrogen-bond acceptors (Lipinski definition) is 4. The van der Waals surface area contributed by atoms with Gasteiger partial charge in [0.15, 0.2) is 0 Å². The first-order chi connectivity index (χ1) is 13.1. The second-order valence-corrected chi connectivity index (χ2v) is 6.49. The van der Waals surface area contributed by atoms with Crippen LogP contribution in [0.2, 0.25) is 0 Å². The zero-order chi connectivity index (χ0) is 19.2. The number of anilines is 2. The Kier molecular flexibility index (Phi) is 5.81. The van der Waals surface area contributed by atoms with Crippen LogP contribution in [0, 0.1) is 13.8 Å². The molecule has 3 rings (SSSR count). The Morgan fingerprint density at radius 1 is 1.04 bits per heavy atom. The number of rotatable bonds is 6. The van der Waals surface area contributed by atoms with Gasteiger partial charge < -0.3 is 10.2 Å². The highest BCUT2D eigenvalue weighted by atomic mass is 16.1. The quantitative estimate of drug-likeness (QED) is 0.716. The highest BCUT2D eigenvalue weighted by molar-refractivity contribution is 5.92. The molecule has 0 bridgehead atoms. The summed E-state index contributed by atoms with van der Waals surface area (Å²) in [6.07, 6.45) is 1.63. The van der Waals surface area contributed by atoms with Gasteiger partial charge >= 0.3 is 0 Å². The molecule has 0 unspecified atom stereocenters. The first-order valence-corrected chi connectivity index (χ1v) is 9.08. The van der Waals surface area contributed by atoms with Crippen LogP contribution in [0.3, 0.4) is 0 Å². The lowest BCUT2D eigenvalue weighted by atomic mass is 10.1. The second kappa shape index (κ2) is 8.45. The lowest BCUT2D eigenvalue weighted by molar-refractivity contribution is 0.0946. The van der Waals surface area contributed by atoms with Crippen LogP contribution in [0.5, 0.6) is 0 Å². The average Bonchev–Trinajstić information content (AvgIpc) is 2.68. The summed E-state index contributed by atoms with van der Waals surface area (Å²) in [5, 5.41) is 2.92. The second-order valence-electron chi connectivity index (χ2n) is 6.49. The Bertz CT molecular complexity index is 922. The van der Waals surface area contributed by atoms with E-state index in [1.807, 2.05) is 68.1 Å². The van der Waals surface area contributed by atoms with Gasteiger partial charge in [-0.25, -0.2) is 9.97 Å². The molecule has 0 atom stereocenters. The van der Waals surface area contributed by atoms with E-state index in [-0.39, 0.29) is 5.91 Å². The van der Waals surface area contributed by atoms with Crippen LogP contribution in [-0.4, -0.2) is 22.4 Å². The van der Waals surface area contributed by atoms with Crippen molar-refractivity contribution in [3.63, 3.8) is 0 Å². The minimum absolute atomic E-state index is 0.209. The molecule has 5 heteroatoms. The van der Waals surface area contributed by atoms with Crippen molar-refractivity contribution in [3.05, 3.63) is 83.2 Å². The summed E-state index contributed by atoms with van der Waals surface area (Å²) >= 11 is 0. The average molecular weight is 360 g/mol. The van der Waals surface area contributed by atoms with Crippen LogP contribution in [0.25, 0.3) is 0 Å². The fourth-order valence-electron chi connectivity index (χ4n) is 2.82. The molecule has 1 aromatic heterocycles. The molecular formula is C22H24N4O. The van der Waals surface area contributed by atoms with Crippen molar-refractivity contribution in [1.82, 2.24) is 15.3 Å². The lowest BCUT2D eigenvalue weighted by Gasteiger charge is -2.21. The van der Waals surface area contributed by atoms with Gasteiger partial charge in [-0.3, -0.25) is 4.79 Å². The van der Waals surface area contributed by atoms with E-state index in [2.05, 4.69) is 21.4 Å². The summed E-state index contributed by atoms with van der Waals surface area (Å²) in [5.41, 5.74) is 4.78. The van der Waals surface area contributed by atoms with Gasteiger partial charge in [-0.05, 0) is 50.1 Å². The highest BCUT2D eigenvalue weighted by Crippen LogP contribution is 2.22. The van der Waals surface area contributed by atoms with Crippen molar-refractivity contribution in [2.24, 2.45) is 0 Å². The van der Waals surface area contributed by atoms with E-state index < -0.39 is 0 Å². The molecule has 1 amide bonds. The Morgan fingerprint density at radius 2 is 1.81 bits per heavy atom. The van der Waals surface area contributed by atoms with Crippen LogP contribution >= 0.6 is 0 Å². The molecule has 0 saturated heterocycles. The first-order valence-electron chi connectivity index (χ1n) is 9.08. The van der Waals surface area contributed by atoms with E-state index in [1.54, 1.807) is 12.3 Å². The van der Waals surface area contributed by atoms with Crippen molar-refractivity contribution in [3.8, 4) is 0 Å². The van der Waals surface area contributed by atoms with Crippen molar-refractivity contribution >= 4 is 17.5 Å². The number of nitrogens with one attached hydrogen (secondary N) is 1. The molecule has 0 aliphatic heterocycles. The molecule has 27 heavy (non-hydrogen) atoms. The van der Waals surface area contributed by atoms with Crippen LogP contribution in [0.15, 0.2) is 60.8 Å². The lowest BCUT2D eigenvalue weighted by Crippen LogP contribution is -2.25. The molecule has 0 aliphatic rings. The third kappa shape index (κ3) is 4.70. The summed E-state index contributed by atoms with van der Waals surface area (Å²) in [4.78, 5) is 23.3.